The fourth-order valence-electron chi connectivity index (χ4n) is 7.31. The number of likely N-dealkylation sites (tertiary alicyclic amines) is 1. The monoisotopic (exact) mass is 699 g/mol. The average molecular weight is 701 g/mol. The van der Waals surface area contributed by atoms with Crippen molar-refractivity contribution in [2.45, 2.75) is 102 Å². The van der Waals surface area contributed by atoms with Gasteiger partial charge in [0.05, 0.1) is 12.0 Å². The summed E-state index contributed by atoms with van der Waals surface area (Å²) in [4.78, 5) is 59.8. The molecule has 1 aromatic carbocycles. The maximum absolute atomic E-state index is 14.7. The van der Waals surface area contributed by atoms with Crippen molar-refractivity contribution in [2.75, 3.05) is 19.7 Å². The van der Waals surface area contributed by atoms with Crippen LogP contribution in [-0.2, 0) is 28.7 Å². The molecule has 4 heterocycles. The van der Waals surface area contributed by atoms with E-state index in [-0.39, 0.29) is 37.3 Å². The molecule has 3 amide bonds. The second-order valence-corrected chi connectivity index (χ2v) is 14.7. The number of carbonyl (C=O) groups excluding carboxylic acids is 4. The predicted molar refractivity (Wildman–Crippen MR) is 175 cm³/mol. The maximum atomic E-state index is 14.7. The number of unbranched alkanes of at least 4 members (excludes halogenated alkanes) is 3. The number of hydrogen-bond acceptors (Lipinski definition) is 7. The van der Waals surface area contributed by atoms with E-state index in [1.165, 1.54) is 0 Å². The largest absolute Gasteiger partial charge is 0.455 e. The number of rotatable bonds is 7. The normalized spacial score (nSPS) is 32.7. The molecular formula is C35H46BrN3O7. The summed E-state index contributed by atoms with van der Waals surface area (Å²) in [6.07, 6.45) is 7.62. The van der Waals surface area contributed by atoms with Gasteiger partial charge >= 0.3 is 5.97 Å². The number of hydrogen-bond donors (Lipinski definition) is 2. The van der Waals surface area contributed by atoms with Crippen molar-refractivity contribution < 1.29 is 33.8 Å². The number of amides is 3. The predicted octanol–water partition coefficient (Wildman–Crippen LogP) is 4.18. The number of esters is 1. The molecule has 0 aliphatic carbocycles. The van der Waals surface area contributed by atoms with Gasteiger partial charge in [0.15, 0.2) is 0 Å². The number of nitrogens with one attached hydrogen (secondary N) is 1. The van der Waals surface area contributed by atoms with E-state index in [4.69, 9.17) is 9.47 Å². The quantitative estimate of drug-likeness (QED) is 0.249. The standard InChI is InChI=1S/C35H46BrN3O7/c1-22-28(23-15-9-7-10-16-23)45-33(44)26-27-31(42)38(18-12-5-6-14-20-40)30(35(27)21-24(36)29(26)46-35)32(43)39(34(2,3)4)19-13-8-11-17-25(41)37-22/h7-10,13,15-16,21-22,26-30,40H,5-6,11-12,14,17-20H2,1-4H3,(H,37,41)/b13-8-/t22-,26+,27-,28+,29+,30+,35-/m1/s1. The third-order valence-electron chi connectivity index (χ3n) is 9.52. The Labute approximate surface area is 279 Å². The highest BCUT2D eigenvalue weighted by Crippen LogP contribution is 2.59. The Morgan fingerprint density at radius 1 is 1.00 bits per heavy atom. The topological polar surface area (TPSA) is 125 Å². The van der Waals surface area contributed by atoms with Crippen LogP contribution in [0.5, 0.6) is 0 Å². The van der Waals surface area contributed by atoms with Gasteiger partial charge in [-0.25, -0.2) is 0 Å². The van der Waals surface area contributed by atoms with Gasteiger partial charge in [0.1, 0.15) is 29.8 Å². The van der Waals surface area contributed by atoms with Crippen LogP contribution in [0, 0.1) is 11.8 Å². The van der Waals surface area contributed by atoms with Gasteiger partial charge in [-0.3, -0.25) is 19.2 Å². The molecule has 4 aliphatic rings. The van der Waals surface area contributed by atoms with Gasteiger partial charge in [0, 0.05) is 36.1 Å². The third-order valence-corrected chi connectivity index (χ3v) is 10.2. The lowest BCUT2D eigenvalue weighted by molar-refractivity contribution is -0.161. The lowest BCUT2D eigenvalue weighted by Gasteiger charge is -2.41. The first-order valence-electron chi connectivity index (χ1n) is 16.4. The number of ether oxygens (including phenoxy) is 2. The summed E-state index contributed by atoms with van der Waals surface area (Å²) >= 11 is 3.61. The molecule has 2 saturated heterocycles. The van der Waals surface area contributed by atoms with Crippen LogP contribution in [0.3, 0.4) is 0 Å². The molecule has 0 saturated carbocycles. The molecule has 5 bridgehead atoms. The van der Waals surface area contributed by atoms with Crippen LogP contribution in [0.25, 0.3) is 0 Å². The number of fused-ring (bicyclic) bond motifs is 2. The van der Waals surface area contributed by atoms with Crippen molar-refractivity contribution in [3.05, 3.63) is 58.6 Å². The summed E-state index contributed by atoms with van der Waals surface area (Å²) in [5.41, 5.74) is -1.23. The number of carbonyl (C=O) groups is 4. The molecule has 2 fully saturated rings. The Bertz CT molecular complexity index is 1380. The van der Waals surface area contributed by atoms with Gasteiger partial charge in [-0.05, 0) is 58.6 Å². The Balaban J connectivity index is 1.58. The molecule has 11 heteroatoms. The Hall–Kier alpha value is -3.02. The third kappa shape index (κ3) is 6.55. The van der Waals surface area contributed by atoms with Gasteiger partial charge in [-0.1, -0.05) is 71.3 Å². The highest BCUT2D eigenvalue weighted by Gasteiger charge is 2.75. The molecule has 10 nitrogen and oxygen atoms in total. The van der Waals surface area contributed by atoms with E-state index < -0.39 is 53.2 Å². The van der Waals surface area contributed by atoms with Crippen molar-refractivity contribution in [2.24, 2.45) is 11.8 Å². The Morgan fingerprint density at radius 3 is 2.41 bits per heavy atom. The van der Waals surface area contributed by atoms with Crippen molar-refractivity contribution in [1.82, 2.24) is 15.1 Å². The van der Waals surface area contributed by atoms with E-state index in [0.717, 1.165) is 12.8 Å². The molecule has 0 radical (unpaired) electrons. The number of halogens is 1. The van der Waals surface area contributed by atoms with Crippen LogP contribution in [-0.4, -0.2) is 87.6 Å². The van der Waals surface area contributed by atoms with Crippen LogP contribution < -0.4 is 5.32 Å². The van der Waals surface area contributed by atoms with Crippen molar-refractivity contribution in [3.63, 3.8) is 0 Å². The van der Waals surface area contributed by atoms with Gasteiger partial charge in [-0.2, -0.15) is 0 Å². The van der Waals surface area contributed by atoms with E-state index in [0.29, 0.717) is 35.9 Å². The molecule has 0 unspecified atom stereocenters. The summed E-state index contributed by atoms with van der Waals surface area (Å²) in [5, 5.41) is 12.2. The second-order valence-electron chi connectivity index (χ2n) is 13.8. The molecule has 5 rings (SSSR count). The van der Waals surface area contributed by atoms with Crippen LogP contribution in [0.1, 0.15) is 77.9 Å². The number of aliphatic hydroxyl groups is 1. The fraction of sp³-hybridized carbons (Fsp3) is 0.600. The highest BCUT2D eigenvalue weighted by molar-refractivity contribution is 9.11. The zero-order valence-corrected chi connectivity index (χ0v) is 28.7. The summed E-state index contributed by atoms with van der Waals surface area (Å²) in [5.74, 6) is -3.29. The van der Waals surface area contributed by atoms with E-state index in [2.05, 4.69) is 21.2 Å². The number of allylic oxidation sites excluding steroid dienone is 1. The zero-order chi connectivity index (χ0) is 33.2. The zero-order valence-electron chi connectivity index (χ0n) is 27.1. The molecule has 2 N–H and O–H groups in total. The van der Waals surface area contributed by atoms with Crippen LogP contribution in [0.4, 0.5) is 0 Å². The SMILES string of the molecule is C[C@H]1NC(=O)CC/C=C\CN(C(C)(C)C)C(=O)[C@@H]2N(CCCCCCO)C(=O)[C@H]3[C@H](C(=O)O[C@@H]1c1ccccc1)[C@H]1O[C@@]23C=C1Br. The molecular weight excluding hydrogens is 654 g/mol. The minimum atomic E-state index is -1.35. The van der Waals surface area contributed by atoms with E-state index >= 15 is 0 Å². The fourth-order valence-corrected chi connectivity index (χ4v) is 8.05. The van der Waals surface area contributed by atoms with Crippen molar-refractivity contribution in [3.8, 4) is 0 Å². The maximum Gasteiger partial charge on any atom is 0.313 e. The number of nitrogens with zero attached hydrogens (tertiary/aromatic N) is 2. The lowest BCUT2D eigenvalue weighted by Crippen LogP contribution is -2.59. The van der Waals surface area contributed by atoms with Crippen molar-refractivity contribution >= 4 is 39.6 Å². The second kappa shape index (κ2) is 14.0. The van der Waals surface area contributed by atoms with Crippen LogP contribution in [0.15, 0.2) is 53.0 Å². The summed E-state index contributed by atoms with van der Waals surface area (Å²) < 4.78 is 13.5. The first kappa shape index (κ1) is 34.3. The van der Waals surface area contributed by atoms with Crippen LogP contribution >= 0.6 is 15.9 Å². The smallest absolute Gasteiger partial charge is 0.313 e. The van der Waals surface area contributed by atoms with Gasteiger partial charge in [0.25, 0.3) is 0 Å². The van der Waals surface area contributed by atoms with E-state index in [9.17, 15) is 24.3 Å². The van der Waals surface area contributed by atoms with Crippen LogP contribution in [0.2, 0.25) is 0 Å². The van der Waals surface area contributed by atoms with Gasteiger partial charge in [-0.15, -0.1) is 0 Å². The molecule has 250 valence electrons. The van der Waals surface area contributed by atoms with Gasteiger partial charge < -0.3 is 29.7 Å². The molecule has 1 aromatic rings. The Kier molecular flexibility index (Phi) is 10.4. The van der Waals surface area contributed by atoms with E-state index in [1.54, 1.807) is 16.7 Å². The first-order chi connectivity index (χ1) is 21.9. The number of benzene rings is 1. The number of aliphatic hydroxyl groups excluding tert-OH is 1. The van der Waals surface area contributed by atoms with Gasteiger partial charge in [0.2, 0.25) is 17.7 Å². The van der Waals surface area contributed by atoms with E-state index in [1.807, 2.05) is 69.3 Å². The minimum Gasteiger partial charge on any atom is -0.455 e. The molecule has 0 aromatic heterocycles. The molecule has 7 atom stereocenters. The number of cyclic esters (lactones) is 1. The summed E-state index contributed by atoms with van der Waals surface area (Å²) in [7, 11) is 0. The van der Waals surface area contributed by atoms with Crippen molar-refractivity contribution in [1.29, 1.82) is 0 Å². The summed E-state index contributed by atoms with van der Waals surface area (Å²) in [6.45, 7) is 8.36. The first-order valence-corrected chi connectivity index (χ1v) is 17.2. The molecule has 4 aliphatic heterocycles. The lowest BCUT2D eigenvalue weighted by atomic mass is 9.74. The minimum absolute atomic E-state index is 0.104. The molecule has 1 spiro atoms. The highest BCUT2D eigenvalue weighted by atomic mass is 79.9. The molecule has 46 heavy (non-hydrogen) atoms. The average Bonchev–Trinajstić information content (AvgIpc) is 3.59. The summed E-state index contributed by atoms with van der Waals surface area (Å²) in [6, 6.07) is 7.71. The Morgan fingerprint density at radius 2 is 1.72 bits per heavy atom.